The van der Waals surface area contributed by atoms with Crippen LogP contribution in [0.15, 0.2) is 24.5 Å². The van der Waals surface area contributed by atoms with Crippen LogP contribution in [0.2, 0.25) is 5.02 Å². The van der Waals surface area contributed by atoms with Gasteiger partial charge in [0.05, 0.1) is 21.8 Å². The predicted octanol–water partition coefficient (Wildman–Crippen LogP) is 3.50. The molecule has 2 heterocycles. The lowest BCUT2D eigenvalue weighted by atomic mass is 9.91. The lowest BCUT2D eigenvalue weighted by Gasteiger charge is -2.29. The van der Waals surface area contributed by atoms with Crippen LogP contribution in [0.25, 0.3) is 0 Å². The fourth-order valence-electron chi connectivity index (χ4n) is 3.92. The number of nitrogens with one attached hydrogen (secondary N) is 4. The maximum atomic E-state index is 13.0. The Morgan fingerprint density at radius 2 is 1.67 bits per heavy atom. The zero-order valence-electron chi connectivity index (χ0n) is 18.3. The number of carbonyl (C=O) groups excluding carboxylic acids is 2. The number of pyridine rings is 2. The summed E-state index contributed by atoms with van der Waals surface area (Å²) in [5.74, 6) is 0.684. The molecule has 9 nitrogen and oxygen atoms in total. The van der Waals surface area contributed by atoms with Gasteiger partial charge in [0.1, 0.15) is 17.7 Å². The number of nitrogens with zero attached hydrogens (tertiary/aromatic N) is 3. The van der Waals surface area contributed by atoms with E-state index in [0.29, 0.717) is 39.5 Å². The minimum atomic E-state index is -0.172. The van der Waals surface area contributed by atoms with Crippen molar-refractivity contribution in [3.8, 4) is 6.07 Å². The molecule has 172 valence electrons. The maximum Gasteiger partial charge on any atom is 0.255 e. The van der Waals surface area contributed by atoms with Crippen LogP contribution >= 0.6 is 11.6 Å². The van der Waals surface area contributed by atoms with Crippen molar-refractivity contribution < 1.29 is 9.59 Å². The molecule has 0 radical (unpaired) electrons. The van der Waals surface area contributed by atoms with E-state index in [2.05, 4.69) is 31.2 Å². The van der Waals surface area contributed by atoms with Gasteiger partial charge in [0.25, 0.3) is 5.91 Å². The van der Waals surface area contributed by atoms with Crippen molar-refractivity contribution in [1.29, 1.82) is 5.26 Å². The quantitative estimate of drug-likeness (QED) is 0.490. The van der Waals surface area contributed by atoms with Gasteiger partial charge in [-0.05, 0) is 44.6 Å². The molecule has 0 saturated heterocycles. The normalized spacial score (nSPS) is 19.8. The molecule has 0 unspecified atom stereocenters. The van der Waals surface area contributed by atoms with E-state index in [-0.39, 0.29) is 23.9 Å². The summed E-state index contributed by atoms with van der Waals surface area (Å²) in [6.45, 7) is 1.53. The maximum absolute atomic E-state index is 13.0. The second kappa shape index (κ2) is 10.0. The van der Waals surface area contributed by atoms with Crippen LogP contribution in [-0.4, -0.2) is 39.9 Å². The summed E-state index contributed by atoms with van der Waals surface area (Å²) in [6.07, 6.45) is 8.41. The van der Waals surface area contributed by atoms with E-state index in [0.717, 1.165) is 38.5 Å². The number of hydrogen-bond donors (Lipinski definition) is 4. The van der Waals surface area contributed by atoms with Gasteiger partial charge in [-0.3, -0.25) is 9.59 Å². The Morgan fingerprint density at radius 1 is 1.00 bits per heavy atom. The topological polar surface area (TPSA) is 132 Å². The molecule has 0 spiro atoms. The molecular weight excluding hydrogens is 442 g/mol. The Hall–Kier alpha value is -3.38. The van der Waals surface area contributed by atoms with Crippen molar-refractivity contribution in [2.24, 2.45) is 0 Å². The van der Waals surface area contributed by atoms with Crippen molar-refractivity contribution in [2.75, 3.05) is 10.6 Å². The molecule has 0 aromatic carbocycles. The number of halogens is 1. The van der Waals surface area contributed by atoms with Gasteiger partial charge < -0.3 is 21.3 Å². The molecule has 4 rings (SSSR count). The fraction of sp³-hybridized carbons (Fsp3) is 0.435. The Morgan fingerprint density at radius 3 is 2.27 bits per heavy atom. The molecule has 10 heteroatoms. The highest BCUT2D eigenvalue weighted by Gasteiger charge is 2.27. The highest BCUT2D eigenvalue weighted by Crippen LogP contribution is 2.30. The Kier molecular flexibility index (Phi) is 6.94. The SMILES string of the molecule is CC(=O)NC1CCC(NC(=O)c2cnc(Nc3ncc(C#N)cc3Cl)cc2NC2CC2)CC1. The molecular formula is C23H26ClN7O2. The Bertz CT molecular complexity index is 1090. The van der Waals surface area contributed by atoms with E-state index in [4.69, 9.17) is 16.9 Å². The minimum absolute atomic E-state index is 0.0180. The molecule has 2 aliphatic carbocycles. The number of nitriles is 1. The van der Waals surface area contributed by atoms with Crippen molar-refractivity contribution in [1.82, 2.24) is 20.6 Å². The number of anilines is 3. The first-order valence-corrected chi connectivity index (χ1v) is 11.5. The molecule has 0 aliphatic heterocycles. The molecule has 2 aromatic rings. The van der Waals surface area contributed by atoms with Gasteiger partial charge in [0, 0.05) is 43.5 Å². The first kappa shape index (κ1) is 22.8. The van der Waals surface area contributed by atoms with Crippen LogP contribution in [0.3, 0.4) is 0 Å². The lowest BCUT2D eigenvalue weighted by molar-refractivity contribution is -0.119. The Balaban J connectivity index is 1.45. The lowest BCUT2D eigenvalue weighted by Crippen LogP contribution is -2.43. The van der Waals surface area contributed by atoms with Crippen LogP contribution in [-0.2, 0) is 4.79 Å². The second-order valence-electron chi connectivity index (χ2n) is 8.55. The average molecular weight is 468 g/mol. The number of aromatic nitrogens is 2. The molecule has 2 saturated carbocycles. The average Bonchev–Trinajstić information content (AvgIpc) is 3.60. The van der Waals surface area contributed by atoms with E-state index < -0.39 is 0 Å². The highest BCUT2D eigenvalue weighted by molar-refractivity contribution is 6.33. The van der Waals surface area contributed by atoms with Gasteiger partial charge in [-0.25, -0.2) is 9.97 Å². The summed E-state index contributed by atoms with van der Waals surface area (Å²) in [4.78, 5) is 32.9. The number of hydrogen-bond acceptors (Lipinski definition) is 7. The molecule has 2 fully saturated rings. The van der Waals surface area contributed by atoms with Gasteiger partial charge in [-0.2, -0.15) is 5.26 Å². The number of rotatable bonds is 7. The largest absolute Gasteiger partial charge is 0.382 e. The summed E-state index contributed by atoms with van der Waals surface area (Å²) < 4.78 is 0. The zero-order valence-corrected chi connectivity index (χ0v) is 19.1. The van der Waals surface area contributed by atoms with Crippen molar-refractivity contribution in [2.45, 2.75) is 63.6 Å². The summed E-state index contributed by atoms with van der Waals surface area (Å²) >= 11 is 6.21. The van der Waals surface area contributed by atoms with Gasteiger partial charge in [-0.15, -0.1) is 0 Å². The van der Waals surface area contributed by atoms with Gasteiger partial charge in [0.2, 0.25) is 5.91 Å². The van der Waals surface area contributed by atoms with Gasteiger partial charge in [0.15, 0.2) is 0 Å². The van der Waals surface area contributed by atoms with Crippen molar-refractivity contribution >= 4 is 40.7 Å². The van der Waals surface area contributed by atoms with E-state index in [1.165, 1.54) is 19.2 Å². The molecule has 0 bridgehead atoms. The molecule has 2 aliphatic rings. The highest BCUT2D eigenvalue weighted by atomic mass is 35.5. The number of amides is 2. The zero-order chi connectivity index (χ0) is 23.4. The predicted molar refractivity (Wildman–Crippen MR) is 125 cm³/mol. The third-order valence-corrected chi connectivity index (χ3v) is 6.06. The third kappa shape index (κ3) is 6.11. The van der Waals surface area contributed by atoms with Gasteiger partial charge >= 0.3 is 0 Å². The van der Waals surface area contributed by atoms with E-state index in [9.17, 15) is 9.59 Å². The molecule has 4 N–H and O–H groups in total. The monoisotopic (exact) mass is 467 g/mol. The van der Waals surface area contributed by atoms with Crippen LogP contribution in [0.5, 0.6) is 0 Å². The fourth-order valence-corrected chi connectivity index (χ4v) is 4.13. The Labute approximate surface area is 197 Å². The van der Waals surface area contributed by atoms with Crippen molar-refractivity contribution in [3.05, 3.63) is 40.7 Å². The molecule has 33 heavy (non-hydrogen) atoms. The summed E-state index contributed by atoms with van der Waals surface area (Å²) in [5.41, 5.74) is 1.55. The summed E-state index contributed by atoms with van der Waals surface area (Å²) in [7, 11) is 0. The first-order valence-electron chi connectivity index (χ1n) is 11.1. The third-order valence-electron chi connectivity index (χ3n) is 5.77. The standard InChI is InChI=1S/C23H26ClN7O2/c1-13(32)28-15-2-6-17(7-3-15)30-23(33)18-12-26-21(9-20(18)29-16-4-5-16)31-22-19(24)8-14(10-25)11-27-22/h8-9,11-12,15-17H,2-7H2,1H3,(H,28,32)(H,30,33)(H2,26,27,29,31). The minimum Gasteiger partial charge on any atom is -0.382 e. The van der Waals surface area contributed by atoms with E-state index >= 15 is 0 Å². The van der Waals surface area contributed by atoms with Crippen LogP contribution < -0.4 is 21.3 Å². The molecule has 2 amide bonds. The molecule has 0 atom stereocenters. The smallest absolute Gasteiger partial charge is 0.255 e. The van der Waals surface area contributed by atoms with Crippen LogP contribution in [0, 0.1) is 11.3 Å². The van der Waals surface area contributed by atoms with Crippen LogP contribution in [0.1, 0.15) is 61.4 Å². The molecule has 2 aromatic heterocycles. The van der Waals surface area contributed by atoms with Crippen LogP contribution in [0.4, 0.5) is 17.3 Å². The van der Waals surface area contributed by atoms with Gasteiger partial charge in [-0.1, -0.05) is 11.6 Å². The van der Waals surface area contributed by atoms with Crippen molar-refractivity contribution in [3.63, 3.8) is 0 Å². The van der Waals surface area contributed by atoms with E-state index in [1.54, 1.807) is 12.3 Å². The first-order chi connectivity index (χ1) is 15.9. The van der Waals surface area contributed by atoms with E-state index in [1.807, 2.05) is 6.07 Å². The number of carbonyl (C=O) groups is 2. The summed E-state index contributed by atoms with van der Waals surface area (Å²) in [6, 6.07) is 5.89. The summed E-state index contributed by atoms with van der Waals surface area (Å²) in [5, 5.41) is 21.8. The second-order valence-corrected chi connectivity index (χ2v) is 8.95.